The number of fused-ring (bicyclic) bond motifs is 9. The number of carbonyl (C=O) groups excluding carboxylic acids is 6. The summed E-state index contributed by atoms with van der Waals surface area (Å²) >= 11 is 1.20. The Bertz CT molecular complexity index is 7810. The Labute approximate surface area is 830 Å². The van der Waals surface area contributed by atoms with Gasteiger partial charge in [-0.1, -0.05) is 164 Å². The van der Waals surface area contributed by atoms with E-state index in [-0.39, 0.29) is 70.3 Å². The van der Waals surface area contributed by atoms with Gasteiger partial charge in [0, 0.05) is 176 Å². The number of nitrogens with two attached hydrogens (primary N) is 6. The number of thiazole rings is 1. The number of likely N-dealkylation sites (N-methyl/N-ethyl adjacent to an activating group) is 5. The molecule has 5 aromatic carbocycles. The van der Waals surface area contributed by atoms with E-state index in [0.29, 0.717) is 113 Å². The van der Waals surface area contributed by atoms with Crippen LogP contribution in [0, 0.1) is 88.8 Å². The van der Waals surface area contributed by atoms with E-state index < -0.39 is 57.5 Å². The number of ether oxygens (including phenoxy) is 1. The van der Waals surface area contributed by atoms with Crippen LogP contribution < -0.4 is 39.1 Å². The minimum atomic E-state index is -1.62. The molecule has 0 bridgehead atoms. The summed E-state index contributed by atoms with van der Waals surface area (Å²) in [6.45, 7) is 16.0. The van der Waals surface area contributed by atoms with Crippen LogP contribution in [0.2, 0.25) is 0 Å². The number of likely N-dealkylation sites (tertiary alicyclic amines) is 5. The highest BCUT2D eigenvalue weighted by molar-refractivity contribution is 7.19. The van der Waals surface area contributed by atoms with Crippen LogP contribution in [-0.2, 0) is 4.79 Å². The molecule has 6 amide bonds. The number of benzene rings is 5. The second-order valence-electron chi connectivity index (χ2n) is 37.4. The van der Waals surface area contributed by atoms with Gasteiger partial charge in [0.05, 0.1) is 68.9 Å². The van der Waals surface area contributed by atoms with Crippen molar-refractivity contribution in [3.63, 3.8) is 0 Å². The third-order valence-electron chi connectivity index (χ3n) is 28.8. The van der Waals surface area contributed by atoms with Crippen molar-refractivity contribution in [3.8, 4) is 115 Å². The van der Waals surface area contributed by atoms with E-state index in [1.807, 2.05) is 200 Å². The van der Waals surface area contributed by atoms with Gasteiger partial charge in [0.2, 0.25) is 17.2 Å². The Kier molecular flexibility index (Phi) is 23.2. The lowest BCUT2D eigenvalue weighted by Gasteiger charge is -2.24. The first kappa shape index (κ1) is 94.2. The third kappa shape index (κ3) is 16.4. The largest absolute Gasteiger partial charge is 0.497 e. The summed E-state index contributed by atoms with van der Waals surface area (Å²) in [6.07, 6.45) is 11.4. The number of pyridine rings is 4. The molecule has 9 aromatic heterocycles. The molecule has 17 N–H and O–H groups in total. The maximum atomic E-state index is 12.3. The number of imidazole rings is 3. The summed E-state index contributed by atoms with van der Waals surface area (Å²) < 4.78 is 12.0. The second kappa shape index (κ2) is 35.4. The van der Waals surface area contributed by atoms with E-state index >= 15 is 0 Å². The first-order valence-electron chi connectivity index (χ1n) is 46.2. The van der Waals surface area contributed by atoms with Gasteiger partial charge < -0.3 is 89.2 Å². The lowest BCUT2D eigenvalue weighted by Crippen LogP contribution is -2.41. The lowest BCUT2D eigenvalue weighted by molar-refractivity contribution is -0.140. The molecule has 15 unspecified atom stereocenters. The zero-order chi connectivity index (χ0) is 102. The van der Waals surface area contributed by atoms with Crippen LogP contribution >= 0.6 is 11.3 Å². The van der Waals surface area contributed by atoms with Crippen LogP contribution in [-0.4, -0.2) is 234 Å². The summed E-state index contributed by atoms with van der Waals surface area (Å²) in [5.74, 6) is 28.8. The molecule has 33 nitrogen and oxygen atoms in total. The van der Waals surface area contributed by atoms with Crippen LogP contribution in [0.4, 0.5) is 5.00 Å². The van der Waals surface area contributed by atoms with Crippen LogP contribution in [0.3, 0.4) is 0 Å². The summed E-state index contributed by atoms with van der Waals surface area (Å²) in [5.41, 5.74) is 41.1. The monoisotopic (exact) mass is 1940 g/mol. The predicted molar refractivity (Wildman–Crippen MR) is 541 cm³/mol. The minimum absolute atomic E-state index is 0.0841. The molecule has 144 heavy (non-hydrogen) atoms. The zero-order valence-electron chi connectivity index (χ0n) is 78.9. The van der Waals surface area contributed by atoms with Crippen molar-refractivity contribution >= 4 is 79.4 Å². The molecule has 34 heteroatoms. The van der Waals surface area contributed by atoms with Crippen molar-refractivity contribution < 1.29 is 59.0 Å². The number of amides is 6. The van der Waals surface area contributed by atoms with Crippen LogP contribution in [0.15, 0.2) is 256 Å². The number of aliphatic hydroxyl groups is 5. The highest BCUT2D eigenvalue weighted by atomic mass is 32.1. The number of nitrogen functional groups attached to an aromatic ring is 1. The van der Waals surface area contributed by atoms with E-state index in [4.69, 9.17) is 39.1 Å². The minimum Gasteiger partial charge on any atom is -0.497 e. The van der Waals surface area contributed by atoms with Crippen molar-refractivity contribution in [3.05, 3.63) is 312 Å². The number of primary amides is 5. The molecule has 14 aromatic rings. The van der Waals surface area contributed by atoms with Crippen molar-refractivity contribution in [2.24, 2.45) is 58.3 Å². The Hall–Kier alpha value is -17.4. The number of methoxy groups -OCH3 is 1. The summed E-state index contributed by atoms with van der Waals surface area (Å²) in [6, 6.07) is 56.8. The Morgan fingerprint density at radius 2 is 0.812 bits per heavy atom. The van der Waals surface area contributed by atoms with Crippen molar-refractivity contribution in [2.45, 2.75) is 90.3 Å². The number of piperidine rings is 5. The Morgan fingerprint density at radius 1 is 0.410 bits per heavy atom. The number of nitrogens with zero attached hydrogens (tertiary/aromatic N) is 15. The maximum Gasteiger partial charge on any atom is 0.285 e. The molecule has 5 aliphatic heterocycles. The second-order valence-corrected chi connectivity index (χ2v) is 38.5. The molecular formula is C110H97N21O12S. The number of carbonyl (C=O) groups is 6. The first-order valence-corrected chi connectivity index (χ1v) is 47.0. The molecule has 0 radical (unpaired) electrons. The highest BCUT2D eigenvalue weighted by Gasteiger charge is 2.67. The molecule has 5 aliphatic carbocycles. The van der Waals surface area contributed by atoms with E-state index in [9.17, 15) is 54.3 Å². The van der Waals surface area contributed by atoms with Gasteiger partial charge in [-0.2, -0.15) is 5.10 Å². The normalized spacial score (nSPS) is 24.9. The number of anilines is 1. The van der Waals surface area contributed by atoms with E-state index in [1.54, 1.807) is 91.9 Å². The molecule has 10 fully saturated rings. The number of hydrogen-bond acceptors (Lipinski definition) is 24. The quantitative estimate of drug-likeness (QED) is 0.0546. The van der Waals surface area contributed by atoms with Crippen molar-refractivity contribution in [1.82, 2.24) is 72.4 Å². The predicted octanol–water partition coefficient (Wildman–Crippen LogP) is 7.98. The van der Waals surface area contributed by atoms with E-state index in [0.717, 1.165) is 82.1 Å². The maximum absolute atomic E-state index is 12.3. The molecule has 0 spiro atoms. The molecular weight excluding hydrogens is 1840 g/mol. The molecule has 24 rings (SSSR count). The smallest absolute Gasteiger partial charge is 0.285 e. The summed E-state index contributed by atoms with van der Waals surface area (Å²) in [5, 5.41) is 60.6. The van der Waals surface area contributed by atoms with Gasteiger partial charge in [-0.25, -0.2) is 29.6 Å². The van der Waals surface area contributed by atoms with Crippen molar-refractivity contribution in [1.29, 1.82) is 0 Å². The summed E-state index contributed by atoms with van der Waals surface area (Å²) in [4.78, 5) is 102. The van der Waals surface area contributed by atoms with E-state index in [2.05, 4.69) is 116 Å². The van der Waals surface area contributed by atoms with Gasteiger partial charge in [-0.3, -0.25) is 42.0 Å². The van der Waals surface area contributed by atoms with Crippen LogP contribution in [0.25, 0.3) is 77.7 Å². The van der Waals surface area contributed by atoms with E-state index in [1.165, 1.54) is 11.3 Å². The van der Waals surface area contributed by atoms with Gasteiger partial charge in [0.15, 0.2) is 45.1 Å². The molecule has 14 heterocycles. The topological polar surface area (TPSA) is 481 Å². The average molecular weight is 1940 g/mol. The number of rotatable bonds is 11. The zero-order valence-corrected chi connectivity index (χ0v) is 79.8. The third-order valence-corrected chi connectivity index (χ3v) is 29.8. The number of aromatic nitrogens is 10. The fraction of sp³-hybridized carbons (Fsp3) is 0.236. The Balaban J connectivity index is 0.000000110. The molecule has 10 aliphatic rings. The van der Waals surface area contributed by atoms with Gasteiger partial charge in [-0.05, 0) is 141 Å². The average Bonchev–Trinajstić information content (AvgIpc) is 1.56. The van der Waals surface area contributed by atoms with Crippen LogP contribution in [0.5, 0.6) is 5.75 Å². The highest BCUT2D eigenvalue weighted by Crippen LogP contribution is 2.58. The molecule has 5 saturated carbocycles. The van der Waals surface area contributed by atoms with Gasteiger partial charge >= 0.3 is 0 Å². The SMILES string of the molecule is C=C1N(C)C2CC2C1(O)C#Cc1cccc(-c2nc(C(N)=O)c(N)s2)c1.C=C1N(C)C2CC2C1(O)C#Cc1cccc(-c2nc(C(N)=O)n3ccc(OC)cc23)c1.C=C1N(C)C2CC2C1(O)C#Cc1cccc(-c2nc(C(N)=O)n3ccccc23)c1.C=C1N(C)C2CC2C1(O)C#Cc1cccc(-n2nc(C(N)=O)c3cccnc32)c1.CN1C(=O)C(O)(C#Cc2cccc(-c3nc(C(N)=O)c4ccccn34)c2)C2CC21. The first-order chi connectivity index (χ1) is 68.8. The molecule has 720 valence electrons. The van der Waals surface area contributed by atoms with Gasteiger partial charge in [-0.15, -0.1) is 0 Å². The fourth-order valence-corrected chi connectivity index (χ4v) is 21.1. The number of hydrogen-bond donors (Lipinski definition) is 11. The summed E-state index contributed by atoms with van der Waals surface area (Å²) in [7, 11) is 11.1. The van der Waals surface area contributed by atoms with Gasteiger partial charge in [0.1, 0.15) is 21.6 Å². The molecule has 15 atom stereocenters. The standard InChI is InChI=1S/C24H22N4O3.C23H20N4O2.C22H19N5O2.C22H18N4O3.C19H18N4O2S/c1-14-24(30,18-13-19(18)27(14)2)9-7-15-5-4-6-16(11-15)21-20-12-17(31-3)8-10-28(20)23(26-21)22(25)29;1-14-23(29,17-13-19(17)26(14)2)10-9-15-6-5-7-16(12-15)20-18-8-3-4-11-27(18)22(25-20)21(24)28;1-13-22(29,17-12-18(17)26(13)2)9-8-14-5-3-6-15(11-14)27-21-16(7-4-10-24-21)19(25-27)20(23)28;1-25-17-12-15(17)22(29,21(25)28)9-8-13-5-4-6-14(11-13)20-24-18(19(23)27)16-7-2-3-10-26(16)20;1-10-19(25,13-9-14(13)23(10)2)7-6-11-4-3-5-12(8-11)18-22-15(16(20)24)17(21)26-18/h4-6,8,10-12,18-19,30H,1,13H2,2-3H3,(H2,25,29);3-8,11-12,17,19,29H,1,13H2,2H3,(H2,24,28);3-7,10-11,17-18,29H,1,12H2,2H3,(H2,23,28);2-7,10-11,15,17,29H,12H2,1H3,(H2,23,27);3-5,8,13-14,25H,1,9,21H2,2H3,(H2,20,24). The Morgan fingerprint density at radius 3 is 1.25 bits per heavy atom. The lowest BCUT2D eigenvalue weighted by atomic mass is 9.96. The fourth-order valence-electron chi connectivity index (χ4n) is 20.3. The van der Waals surface area contributed by atoms with Gasteiger partial charge in [0.25, 0.3) is 35.4 Å². The molecule has 5 saturated heterocycles. The van der Waals surface area contributed by atoms with Crippen molar-refractivity contribution in [2.75, 3.05) is 48.1 Å². The van der Waals surface area contributed by atoms with Crippen LogP contribution in [0.1, 0.15) is 113 Å².